The van der Waals surface area contributed by atoms with Crippen molar-refractivity contribution < 1.29 is 13.6 Å². The van der Waals surface area contributed by atoms with E-state index in [1.807, 2.05) is 0 Å². The van der Waals surface area contributed by atoms with Crippen LogP contribution in [0.5, 0.6) is 0 Å². The molecule has 0 spiro atoms. The molecule has 0 amide bonds. The van der Waals surface area contributed by atoms with Gasteiger partial charge in [-0.25, -0.2) is 0 Å². The number of nitrogens with two attached hydrogens (primary N) is 1. The van der Waals surface area contributed by atoms with Crippen LogP contribution in [0.15, 0.2) is 11.1 Å². The highest BCUT2D eigenvalue weighted by Gasteiger charge is 2.28. The van der Waals surface area contributed by atoms with Gasteiger partial charge in [-0.3, -0.25) is 4.57 Å². The van der Waals surface area contributed by atoms with E-state index in [4.69, 9.17) is 14.8 Å². The molecule has 1 saturated heterocycles. The smallest absolute Gasteiger partial charge is 0.336 e. The van der Waals surface area contributed by atoms with Gasteiger partial charge in [0, 0.05) is 5.70 Å². The van der Waals surface area contributed by atoms with E-state index in [1.165, 1.54) is 5.41 Å². The maximum atomic E-state index is 11.6. The zero-order valence-electron chi connectivity index (χ0n) is 6.60. The lowest BCUT2D eigenvalue weighted by Crippen LogP contribution is -2.13. The fourth-order valence-corrected chi connectivity index (χ4v) is 2.70. The standard InChI is InChI=1S/C6H12NO3PS/c7-6(5-12)4-11(8)9-2-1-3-10-11/h5,12H,1-4,7H2/b6-5-. The van der Waals surface area contributed by atoms with Crippen molar-refractivity contribution in [2.24, 2.45) is 5.73 Å². The topological polar surface area (TPSA) is 61.6 Å². The quantitative estimate of drug-likeness (QED) is 0.532. The number of rotatable bonds is 2. The van der Waals surface area contributed by atoms with Crippen LogP contribution in [-0.4, -0.2) is 19.4 Å². The molecule has 1 rings (SSSR count). The monoisotopic (exact) mass is 209 g/mol. The van der Waals surface area contributed by atoms with Gasteiger partial charge >= 0.3 is 7.60 Å². The van der Waals surface area contributed by atoms with Crippen LogP contribution in [0.2, 0.25) is 0 Å². The highest BCUT2D eigenvalue weighted by atomic mass is 32.1. The third kappa shape index (κ3) is 2.83. The first kappa shape index (κ1) is 10.1. The van der Waals surface area contributed by atoms with Gasteiger partial charge in [0.15, 0.2) is 0 Å². The van der Waals surface area contributed by atoms with Crippen molar-refractivity contribution >= 4 is 20.2 Å². The molecule has 12 heavy (non-hydrogen) atoms. The Morgan fingerprint density at radius 3 is 2.67 bits per heavy atom. The summed E-state index contributed by atoms with van der Waals surface area (Å²) in [6.45, 7) is 0.967. The molecule has 70 valence electrons. The second kappa shape index (κ2) is 4.33. The Morgan fingerprint density at radius 1 is 1.58 bits per heavy atom. The third-order valence-corrected chi connectivity index (χ3v) is 3.64. The van der Waals surface area contributed by atoms with E-state index < -0.39 is 7.60 Å². The molecule has 1 aliphatic heterocycles. The van der Waals surface area contributed by atoms with Crippen molar-refractivity contribution in [1.29, 1.82) is 0 Å². The van der Waals surface area contributed by atoms with E-state index >= 15 is 0 Å². The molecule has 4 nitrogen and oxygen atoms in total. The van der Waals surface area contributed by atoms with E-state index in [1.54, 1.807) is 0 Å². The molecule has 6 heteroatoms. The van der Waals surface area contributed by atoms with E-state index in [0.29, 0.717) is 18.9 Å². The molecule has 0 aromatic rings. The average Bonchev–Trinajstić information content (AvgIpc) is 2.05. The number of hydrogen-bond donors (Lipinski definition) is 2. The van der Waals surface area contributed by atoms with Crippen LogP contribution < -0.4 is 5.73 Å². The highest BCUT2D eigenvalue weighted by Crippen LogP contribution is 2.51. The summed E-state index contributed by atoms with van der Waals surface area (Å²) >= 11 is 3.83. The first-order chi connectivity index (χ1) is 5.66. The van der Waals surface area contributed by atoms with Crippen LogP contribution in [0, 0.1) is 0 Å². The van der Waals surface area contributed by atoms with Crippen molar-refractivity contribution in [2.75, 3.05) is 19.4 Å². The van der Waals surface area contributed by atoms with Crippen molar-refractivity contribution in [3.63, 3.8) is 0 Å². The lowest BCUT2D eigenvalue weighted by atomic mass is 10.5. The summed E-state index contributed by atoms with van der Waals surface area (Å²) in [6, 6.07) is 0. The summed E-state index contributed by atoms with van der Waals surface area (Å²) in [5.41, 5.74) is 5.86. The predicted octanol–water partition coefficient (Wildman–Crippen LogP) is 1.35. The van der Waals surface area contributed by atoms with Gasteiger partial charge < -0.3 is 14.8 Å². The van der Waals surface area contributed by atoms with Crippen LogP contribution in [0.3, 0.4) is 0 Å². The fraction of sp³-hybridized carbons (Fsp3) is 0.667. The molecule has 0 aromatic carbocycles. The van der Waals surface area contributed by atoms with Gasteiger partial charge in [0.05, 0.1) is 19.4 Å². The van der Waals surface area contributed by atoms with Crippen LogP contribution in [0.4, 0.5) is 0 Å². The lowest BCUT2D eigenvalue weighted by molar-refractivity contribution is 0.148. The molecule has 0 saturated carbocycles. The first-order valence-corrected chi connectivity index (χ1v) is 5.87. The van der Waals surface area contributed by atoms with Gasteiger partial charge in [0.25, 0.3) is 0 Å². The van der Waals surface area contributed by atoms with Crippen LogP contribution in [-0.2, 0) is 13.6 Å². The van der Waals surface area contributed by atoms with Crippen LogP contribution >= 0.6 is 20.2 Å². The Kier molecular flexibility index (Phi) is 3.65. The number of allylic oxidation sites excluding steroid dienone is 1. The van der Waals surface area contributed by atoms with E-state index in [2.05, 4.69) is 12.6 Å². The number of thiol groups is 1. The molecular formula is C6H12NO3PS. The minimum Gasteiger partial charge on any atom is -0.401 e. The molecule has 1 heterocycles. The highest BCUT2D eigenvalue weighted by molar-refractivity contribution is 7.83. The van der Waals surface area contributed by atoms with E-state index in [9.17, 15) is 4.57 Å². The molecule has 0 aromatic heterocycles. The predicted molar refractivity (Wildman–Crippen MR) is 50.3 cm³/mol. The van der Waals surface area contributed by atoms with Gasteiger partial charge in [-0.1, -0.05) is 0 Å². The molecule has 1 fully saturated rings. The van der Waals surface area contributed by atoms with Gasteiger partial charge in [-0.05, 0) is 11.8 Å². The normalized spacial score (nSPS) is 23.9. The lowest BCUT2D eigenvalue weighted by Gasteiger charge is -2.22. The Morgan fingerprint density at radius 2 is 2.17 bits per heavy atom. The number of hydrogen-bond acceptors (Lipinski definition) is 5. The average molecular weight is 209 g/mol. The van der Waals surface area contributed by atoms with Gasteiger partial charge in [0.2, 0.25) is 0 Å². The van der Waals surface area contributed by atoms with Gasteiger partial charge in [-0.2, -0.15) is 0 Å². The molecule has 0 atom stereocenters. The largest absolute Gasteiger partial charge is 0.401 e. The molecule has 0 unspecified atom stereocenters. The van der Waals surface area contributed by atoms with Gasteiger partial charge in [0.1, 0.15) is 0 Å². The minimum absolute atomic E-state index is 0.135. The molecule has 2 N–H and O–H groups in total. The summed E-state index contributed by atoms with van der Waals surface area (Å²) in [6.07, 6.45) is 0.922. The Hall–Kier alpha value is 0.0400. The maximum absolute atomic E-state index is 11.6. The molecule has 0 radical (unpaired) electrons. The third-order valence-electron chi connectivity index (χ3n) is 1.41. The van der Waals surface area contributed by atoms with Crippen molar-refractivity contribution in [3.8, 4) is 0 Å². The van der Waals surface area contributed by atoms with Crippen molar-refractivity contribution in [3.05, 3.63) is 11.1 Å². The Bertz CT molecular complexity index is 221. The zero-order chi connectivity index (χ0) is 9.03. The van der Waals surface area contributed by atoms with Gasteiger partial charge in [-0.15, -0.1) is 12.6 Å². The fourth-order valence-electron chi connectivity index (χ4n) is 0.859. The summed E-state index contributed by atoms with van der Waals surface area (Å²) in [5.74, 6) is 0. The zero-order valence-corrected chi connectivity index (χ0v) is 8.39. The van der Waals surface area contributed by atoms with Crippen molar-refractivity contribution in [2.45, 2.75) is 6.42 Å². The van der Waals surface area contributed by atoms with Crippen molar-refractivity contribution in [1.82, 2.24) is 0 Å². The Labute approximate surface area is 77.1 Å². The summed E-state index contributed by atoms with van der Waals surface area (Å²) < 4.78 is 21.6. The second-order valence-electron chi connectivity index (χ2n) is 2.49. The minimum atomic E-state index is -2.93. The molecule has 1 aliphatic rings. The molecule has 0 bridgehead atoms. The first-order valence-electron chi connectivity index (χ1n) is 3.63. The van der Waals surface area contributed by atoms with Crippen LogP contribution in [0.1, 0.15) is 6.42 Å². The molecule has 0 aliphatic carbocycles. The second-order valence-corrected chi connectivity index (χ2v) is 4.81. The van der Waals surface area contributed by atoms with E-state index in [-0.39, 0.29) is 6.16 Å². The SMILES string of the molecule is N/C(=C\S)CP1(=O)OCCCO1. The van der Waals surface area contributed by atoms with Crippen LogP contribution in [0.25, 0.3) is 0 Å². The summed E-state index contributed by atoms with van der Waals surface area (Å²) in [4.78, 5) is 0. The summed E-state index contributed by atoms with van der Waals surface area (Å²) in [5, 5.41) is 1.40. The van der Waals surface area contributed by atoms with E-state index in [0.717, 1.165) is 6.42 Å². The molecular weight excluding hydrogens is 197 g/mol. The summed E-state index contributed by atoms with van der Waals surface area (Å²) in [7, 11) is -2.93. The maximum Gasteiger partial charge on any atom is 0.336 e. The Balaban J connectivity index is 2.53.